The lowest BCUT2D eigenvalue weighted by atomic mass is 9.95. The molecule has 7 rings (SSSR count). The van der Waals surface area contributed by atoms with Crippen LogP contribution in [0.1, 0.15) is 40.6 Å². The van der Waals surface area contributed by atoms with E-state index in [1.807, 2.05) is 54.7 Å². The number of hydrogen-bond acceptors (Lipinski definition) is 7. The van der Waals surface area contributed by atoms with Crippen LogP contribution in [-0.4, -0.2) is 63.8 Å². The van der Waals surface area contributed by atoms with Crippen LogP contribution in [0.2, 0.25) is 0 Å². The fourth-order valence-electron chi connectivity index (χ4n) is 5.53. The molecular weight excluding hydrogens is 528 g/mol. The molecule has 0 spiro atoms. The van der Waals surface area contributed by atoms with Crippen LogP contribution in [0.4, 0.5) is 0 Å². The van der Waals surface area contributed by atoms with Gasteiger partial charge in [0.1, 0.15) is 5.69 Å². The van der Waals surface area contributed by atoms with Crippen molar-refractivity contribution < 1.29 is 9.90 Å². The second kappa shape index (κ2) is 11.0. The largest absolute Gasteiger partial charge is 0.476 e. The minimum absolute atomic E-state index is 0.0329. The van der Waals surface area contributed by atoms with Gasteiger partial charge in [0.2, 0.25) is 0 Å². The van der Waals surface area contributed by atoms with Crippen LogP contribution in [0.15, 0.2) is 91.3 Å². The number of carboxylic acid groups (broad SMARTS) is 1. The highest BCUT2D eigenvalue weighted by Crippen LogP contribution is 2.32. The van der Waals surface area contributed by atoms with Crippen molar-refractivity contribution in [1.29, 1.82) is 0 Å². The lowest BCUT2D eigenvalue weighted by Gasteiger charge is -2.30. The summed E-state index contributed by atoms with van der Waals surface area (Å²) in [7, 11) is 0. The van der Waals surface area contributed by atoms with Crippen molar-refractivity contribution >= 4 is 11.6 Å². The number of H-pyrrole nitrogens is 1. The molecule has 1 saturated heterocycles. The quantitative estimate of drug-likeness (QED) is 0.271. The number of carboxylic acids is 1. The fourth-order valence-corrected chi connectivity index (χ4v) is 5.53. The average molecular weight is 557 g/mol. The zero-order chi connectivity index (χ0) is 28.5. The fraction of sp³-hybridized carbons (Fsp3) is 0.188. The van der Waals surface area contributed by atoms with Crippen LogP contribution >= 0.6 is 0 Å². The Balaban J connectivity index is 1.06. The molecule has 1 aliphatic rings. The molecule has 0 bridgehead atoms. The predicted octanol–water partition coefficient (Wildman–Crippen LogP) is 5.32. The van der Waals surface area contributed by atoms with Crippen LogP contribution in [-0.2, 0) is 6.54 Å². The van der Waals surface area contributed by atoms with Gasteiger partial charge in [0, 0.05) is 42.0 Å². The molecule has 1 aliphatic heterocycles. The van der Waals surface area contributed by atoms with Gasteiger partial charge in [0.25, 0.3) is 0 Å². The van der Waals surface area contributed by atoms with E-state index in [1.165, 1.54) is 16.1 Å². The number of piperidine rings is 1. The summed E-state index contributed by atoms with van der Waals surface area (Å²) in [6, 6.07) is 25.7. The van der Waals surface area contributed by atoms with E-state index in [4.69, 9.17) is 9.97 Å². The van der Waals surface area contributed by atoms with Gasteiger partial charge in [-0.25, -0.2) is 19.3 Å². The van der Waals surface area contributed by atoms with Crippen LogP contribution in [0.3, 0.4) is 0 Å². The van der Waals surface area contributed by atoms with E-state index >= 15 is 0 Å². The molecule has 4 aromatic heterocycles. The maximum atomic E-state index is 11.5. The normalized spacial score (nSPS) is 14.4. The number of carbonyl (C=O) groups is 1. The molecule has 0 saturated carbocycles. The van der Waals surface area contributed by atoms with Gasteiger partial charge in [-0.2, -0.15) is 10.2 Å². The van der Waals surface area contributed by atoms with Gasteiger partial charge in [-0.05, 0) is 49.2 Å². The summed E-state index contributed by atoms with van der Waals surface area (Å²) < 4.78 is 1.53. The van der Waals surface area contributed by atoms with Gasteiger partial charge in [-0.3, -0.25) is 15.0 Å². The second-order valence-corrected chi connectivity index (χ2v) is 10.5. The molecule has 0 aliphatic carbocycles. The molecule has 0 unspecified atom stereocenters. The highest BCUT2D eigenvalue weighted by molar-refractivity contribution is 5.87. The van der Waals surface area contributed by atoms with Crippen LogP contribution in [0.25, 0.3) is 39.5 Å². The van der Waals surface area contributed by atoms with Crippen molar-refractivity contribution in [3.8, 4) is 33.9 Å². The Morgan fingerprint density at radius 1 is 0.929 bits per heavy atom. The molecule has 2 aromatic carbocycles. The Kier molecular flexibility index (Phi) is 6.73. The number of likely N-dealkylation sites (tertiary alicyclic amines) is 1. The Morgan fingerprint density at radius 2 is 1.71 bits per heavy atom. The number of fused-ring (bicyclic) bond motifs is 1. The summed E-state index contributed by atoms with van der Waals surface area (Å²) in [6.07, 6.45) is 5.62. The lowest BCUT2D eigenvalue weighted by molar-refractivity contribution is 0.0690. The van der Waals surface area contributed by atoms with Crippen molar-refractivity contribution in [1.82, 2.24) is 39.7 Å². The molecule has 0 radical (unpaired) electrons. The number of aromatic carboxylic acids is 1. The summed E-state index contributed by atoms with van der Waals surface area (Å²) in [4.78, 5) is 27.9. The van der Waals surface area contributed by atoms with E-state index in [9.17, 15) is 9.90 Å². The van der Waals surface area contributed by atoms with Crippen molar-refractivity contribution in [2.45, 2.75) is 25.3 Å². The minimum Gasteiger partial charge on any atom is -0.476 e. The van der Waals surface area contributed by atoms with E-state index in [1.54, 1.807) is 6.20 Å². The lowest BCUT2D eigenvalue weighted by Crippen LogP contribution is -2.32. The smallest absolute Gasteiger partial charge is 0.356 e. The first-order valence-electron chi connectivity index (χ1n) is 14.0. The number of pyridine rings is 1. The highest BCUT2D eigenvalue weighted by atomic mass is 16.4. The number of nitrogens with zero attached hydrogens (tertiary/aromatic N) is 7. The molecule has 208 valence electrons. The van der Waals surface area contributed by atoms with E-state index in [0.29, 0.717) is 17.4 Å². The van der Waals surface area contributed by atoms with Gasteiger partial charge >= 0.3 is 5.97 Å². The van der Waals surface area contributed by atoms with E-state index < -0.39 is 5.97 Å². The van der Waals surface area contributed by atoms with Crippen molar-refractivity contribution in [2.75, 3.05) is 13.1 Å². The molecular formula is C32H28N8O2. The number of nitrogens with one attached hydrogen (secondary N) is 1. The minimum atomic E-state index is -1.08. The predicted molar refractivity (Wildman–Crippen MR) is 158 cm³/mol. The molecule has 6 aromatic rings. The van der Waals surface area contributed by atoms with Gasteiger partial charge in [-0.15, -0.1) is 0 Å². The Morgan fingerprint density at radius 3 is 2.45 bits per heavy atom. The van der Waals surface area contributed by atoms with Crippen LogP contribution < -0.4 is 0 Å². The first-order chi connectivity index (χ1) is 20.6. The molecule has 0 atom stereocenters. The van der Waals surface area contributed by atoms with E-state index in [0.717, 1.165) is 66.4 Å². The molecule has 1 fully saturated rings. The summed E-state index contributed by atoms with van der Waals surface area (Å²) in [5, 5.41) is 21.1. The van der Waals surface area contributed by atoms with Crippen molar-refractivity contribution in [2.24, 2.45) is 0 Å². The number of hydrogen-bond donors (Lipinski definition) is 2. The standard InChI is InChI=1S/C32H28N8O2/c41-32(42)27-18-28-34-29(25(20-40(28)38-27)22-6-2-1-3-7-22)23-11-9-21(10-12-23)19-39-16-13-24(14-17-39)30-35-31(37-36-30)26-8-4-5-15-33-26/h1-12,15,18,20,24H,13-14,16-17,19H2,(H,41,42)(H,35,36,37). The van der Waals surface area contributed by atoms with Gasteiger partial charge < -0.3 is 5.11 Å². The van der Waals surface area contributed by atoms with Crippen LogP contribution in [0, 0.1) is 0 Å². The summed E-state index contributed by atoms with van der Waals surface area (Å²) in [5.41, 5.74) is 6.11. The first-order valence-corrected chi connectivity index (χ1v) is 14.0. The SMILES string of the molecule is O=C(O)c1cc2nc(-c3ccc(CN4CCC(c5n[nH]c(-c6ccccn6)n5)CC4)cc3)c(-c3ccccc3)cn2n1. The third kappa shape index (κ3) is 5.15. The second-order valence-electron chi connectivity index (χ2n) is 10.5. The van der Waals surface area contributed by atoms with Crippen molar-refractivity contribution in [3.05, 3.63) is 108 Å². The van der Waals surface area contributed by atoms with Gasteiger partial charge in [-0.1, -0.05) is 60.7 Å². The summed E-state index contributed by atoms with van der Waals surface area (Å²) in [6.45, 7) is 2.82. The zero-order valence-electron chi connectivity index (χ0n) is 22.8. The highest BCUT2D eigenvalue weighted by Gasteiger charge is 2.24. The number of benzene rings is 2. The van der Waals surface area contributed by atoms with Gasteiger partial charge in [0.05, 0.1) is 5.69 Å². The van der Waals surface area contributed by atoms with Gasteiger partial charge in [0.15, 0.2) is 23.0 Å². The zero-order valence-corrected chi connectivity index (χ0v) is 22.8. The maximum absolute atomic E-state index is 11.5. The van der Waals surface area contributed by atoms with Crippen molar-refractivity contribution in [3.63, 3.8) is 0 Å². The molecule has 5 heterocycles. The monoisotopic (exact) mass is 556 g/mol. The van der Waals surface area contributed by atoms with Crippen LogP contribution in [0.5, 0.6) is 0 Å². The average Bonchev–Trinajstić information content (AvgIpc) is 3.70. The maximum Gasteiger partial charge on any atom is 0.356 e. The Hall–Kier alpha value is -5.22. The molecule has 10 heteroatoms. The molecule has 0 amide bonds. The van der Waals surface area contributed by atoms with E-state index in [2.05, 4.69) is 49.4 Å². The third-order valence-electron chi connectivity index (χ3n) is 7.75. The number of rotatable bonds is 7. The topological polar surface area (TPSA) is 125 Å². The molecule has 42 heavy (non-hydrogen) atoms. The Labute approximate surface area is 241 Å². The first kappa shape index (κ1) is 25.7. The summed E-state index contributed by atoms with van der Waals surface area (Å²) >= 11 is 0. The molecule has 2 N–H and O–H groups in total. The van der Waals surface area contributed by atoms with E-state index in [-0.39, 0.29) is 5.69 Å². The number of aromatic amines is 1. The Bertz CT molecular complexity index is 1840. The molecule has 10 nitrogen and oxygen atoms in total. The summed E-state index contributed by atoms with van der Waals surface area (Å²) in [5.74, 6) is 0.839. The number of aromatic nitrogens is 7. The third-order valence-corrected chi connectivity index (χ3v) is 7.75.